The normalized spacial score (nSPS) is 13.3. The second-order valence-electron chi connectivity index (χ2n) is 15.3. The first-order valence-corrected chi connectivity index (χ1v) is 22.3. The van der Waals surface area contributed by atoms with Crippen molar-refractivity contribution in [3.05, 3.63) is 114 Å². The molecule has 246 valence electrons. The zero-order valence-corrected chi connectivity index (χ0v) is 31.7. The zero-order chi connectivity index (χ0) is 33.8. The van der Waals surface area contributed by atoms with Crippen LogP contribution in [0.25, 0.3) is 10.8 Å². The van der Waals surface area contributed by atoms with Crippen molar-refractivity contribution >= 4 is 27.4 Å². The van der Waals surface area contributed by atoms with Crippen molar-refractivity contribution in [3.8, 4) is 17.2 Å². The lowest BCUT2D eigenvalue weighted by atomic mass is 9.99. The number of ether oxygens (including phenoxy) is 2. The highest BCUT2D eigenvalue weighted by Gasteiger charge is 2.41. The third-order valence-corrected chi connectivity index (χ3v) is 18.5. The second-order valence-corrected chi connectivity index (χ2v) is 24.8. The highest BCUT2D eigenvalue weighted by molar-refractivity contribution is 6.75. The van der Waals surface area contributed by atoms with Gasteiger partial charge in [0.1, 0.15) is 30.5 Å². The lowest BCUT2D eigenvalue weighted by molar-refractivity contribution is 0.186. The summed E-state index contributed by atoms with van der Waals surface area (Å²) in [5.41, 5.74) is 3.29. The topological polar surface area (TPSA) is 36.9 Å². The first kappa shape index (κ1) is 35.5. The number of hydrogen-bond acceptors (Lipinski definition) is 4. The Morgan fingerprint density at radius 2 is 1.15 bits per heavy atom. The van der Waals surface area contributed by atoms with Gasteiger partial charge in [0.15, 0.2) is 8.32 Å². The molecule has 0 aliphatic rings. The van der Waals surface area contributed by atoms with E-state index in [1.807, 2.05) is 54.6 Å². The van der Waals surface area contributed by atoms with Gasteiger partial charge < -0.3 is 18.3 Å². The van der Waals surface area contributed by atoms with E-state index in [1.54, 1.807) is 0 Å². The molecular formula is C40H54O4Si2. The summed E-state index contributed by atoms with van der Waals surface area (Å²) in [6, 6.07) is 29.0. The summed E-state index contributed by atoms with van der Waals surface area (Å²) < 4.78 is 27.4. The summed E-state index contributed by atoms with van der Waals surface area (Å²) in [5.74, 6) is 2.38. The number of fused-ring (bicyclic) bond motifs is 1. The third kappa shape index (κ3) is 8.52. The molecule has 1 unspecified atom stereocenters. The Labute approximate surface area is 280 Å². The van der Waals surface area contributed by atoms with E-state index in [0.717, 1.165) is 44.7 Å². The van der Waals surface area contributed by atoms with Crippen molar-refractivity contribution in [3.63, 3.8) is 0 Å². The lowest BCUT2D eigenvalue weighted by Crippen LogP contribution is -2.44. The maximum atomic E-state index is 7.19. The summed E-state index contributed by atoms with van der Waals surface area (Å²) in [4.78, 5) is 0. The average molecular weight is 655 g/mol. The van der Waals surface area contributed by atoms with Crippen LogP contribution in [-0.2, 0) is 17.6 Å². The van der Waals surface area contributed by atoms with Gasteiger partial charge in [-0.15, -0.1) is 6.58 Å². The summed E-state index contributed by atoms with van der Waals surface area (Å²) in [5, 5.41) is 1.95. The van der Waals surface area contributed by atoms with Crippen molar-refractivity contribution in [1.29, 1.82) is 0 Å². The fourth-order valence-corrected chi connectivity index (χ4v) is 7.07. The molecule has 6 heteroatoms. The van der Waals surface area contributed by atoms with Crippen LogP contribution in [0.1, 0.15) is 70.8 Å². The van der Waals surface area contributed by atoms with Crippen LogP contribution in [0, 0.1) is 0 Å². The van der Waals surface area contributed by atoms with E-state index in [0.29, 0.717) is 19.6 Å². The monoisotopic (exact) mass is 654 g/mol. The largest absolute Gasteiger partial charge is 0.543 e. The van der Waals surface area contributed by atoms with E-state index < -0.39 is 16.6 Å². The van der Waals surface area contributed by atoms with Gasteiger partial charge in [-0.05, 0) is 83.6 Å². The van der Waals surface area contributed by atoms with Gasteiger partial charge in [-0.1, -0.05) is 108 Å². The minimum absolute atomic E-state index is 0.0000357. The van der Waals surface area contributed by atoms with Gasteiger partial charge in [-0.25, -0.2) is 0 Å². The molecule has 0 aromatic heterocycles. The minimum atomic E-state index is -2.26. The molecule has 0 N–H and O–H groups in total. The van der Waals surface area contributed by atoms with Gasteiger partial charge in [0.05, 0.1) is 11.5 Å². The van der Waals surface area contributed by atoms with Gasteiger partial charge in [-0.3, -0.25) is 0 Å². The van der Waals surface area contributed by atoms with E-state index in [1.165, 1.54) is 0 Å². The fraction of sp³-hybridized carbons (Fsp3) is 0.400. The van der Waals surface area contributed by atoms with Crippen LogP contribution in [-0.4, -0.2) is 16.6 Å². The van der Waals surface area contributed by atoms with Crippen molar-refractivity contribution in [2.24, 2.45) is 0 Å². The molecule has 4 rings (SSSR count). The van der Waals surface area contributed by atoms with Gasteiger partial charge in [0.2, 0.25) is 0 Å². The van der Waals surface area contributed by atoms with Crippen molar-refractivity contribution < 1.29 is 18.3 Å². The maximum absolute atomic E-state index is 7.19. The van der Waals surface area contributed by atoms with Crippen LogP contribution in [0.5, 0.6) is 17.2 Å². The molecule has 4 aromatic carbocycles. The van der Waals surface area contributed by atoms with Crippen LogP contribution in [0.3, 0.4) is 0 Å². The molecule has 0 saturated carbocycles. The van der Waals surface area contributed by atoms with Gasteiger partial charge >= 0.3 is 0 Å². The van der Waals surface area contributed by atoms with E-state index in [2.05, 4.69) is 111 Å². The predicted molar refractivity (Wildman–Crippen MR) is 199 cm³/mol. The van der Waals surface area contributed by atoms with Crippen LogP contribution in [0.4, 0.5) is 0 Å². The van der Waals surface area contributed by atoms with Crippen molar-refractivity contribution in [1.82, 2.24) is 0 Å². The Morgan fingerprint density at radius 3 is 1.65 bits per heavy atom. The van der Waals surface area contributed by atoms with Crippen LogP contribution in [0.2, 0.25) is 36.3 Å². The Kier molecular flexibility index (Phi) is 11.0. The Bertz CT molecular complexity index is 1600. The van der Waals surface area contributed by atoms with E-state index in [4.69, 9.17) is 18.3 Å². The number of hydrogen-bond donors (Lipinski definition) is 0. The molecule has 0 aliphatic heterocycles. The molecule has 0 aliphatic carbocycles. The highest BCUT2D eigenvalue weighted by atomic mass is 28.4. The zero-order valence-electron chi connectivity index (χ0n) is 29.7. The smallest absolute Gasteiger partial charge is 0.250 e. The molecule has 4 nitrogen and oxygen atoms in total. The fourth-order valence-electron chi connectivity index (χ4n) is 4.76. The van der Waals surface area contributed by atoms with Gasteiger partial charge in [-0.2, -0.15) is 0 Å². The lowest BCUT2D eigenvalue weighted by Gasteiger charge is -2.40. The molecule has 0 amide bonds. The van der Waals surface area contributed by atoms with E-state index in [-0.39, 0.29) is 16.2 Å². The summed E-state index contributed by atoms with van der Waals surface area (Å²) >= 11 is 0. The second kappa shape index (κ2) is 14.2. The SMILES string of the molecule is C=CCC(O[Si](C)(C)C(C)(C)C)c1cc(O[Si](C)(C)C(C)(C)C)c2c(OCc3ccccc3)ccc(OCc3ccccc3)c2c1. The Morgan fingerprint density at radius 1 is 0.652 bits per heavy atom. The quantitative estimate of drug-likeness (QED) is 0.106. The van der Waals surface area contributed by atoms with Crippen molar-refractivity contribution in [2.75, 3.05) is 0 Å². The van der Waals surface area contributed by atoms with Gasteiger partial charge in [0, 0.05) is 5.39 Å². The predicted octanol–water partition coefficient (Wildman–Crippen LogP) is 12.0. The molecule has 0 radical (unpaired) electrons. The Balaban J connectivity index is 1.94. The summed E-state index contributed by atoms with van der Waals surface area (Å²) in [6.45, 7) is 27.9. The molecule has 0 saturated heterocycles. The maximum Gasteiger partial charge on any atom is 0.250 e. The molecule has 4 aromatic rings. The molecular weight excluding hydrogens is 601 g/mol. The van der Waals surface area contributed by atoms with Gasteiger partial charge in [0.25, 0.3) is 8.32 Å². The van der Waals surface area contributed by atoms with E-state index in [9.17, 15) is 0 Å². The minimum Gasteiger partial charge on any atom is -0.543 e. The molecule has 0 bridgehead atoms. The summed E-state index contributed by atoms with van der Waals surface area (Å²) in [6.07, 6.45) is 2.49. The molecule has 1 atom stereocenters. The third-order valence-electron chi connectivity index (χ3n) is 9.66. The van der Waals surface area contributed by atoms with Crippen LogP contribution in [0.15, 0.2) is 97.6 Å². The number of benzene rings is 4. The molecule has 0 spiro atoms. The first-order valence-electron chi connectivity index (χ1n) is 16.4. The molecule has 0 fully saturated rings. The van der Waals surface area contributed by atoms with E-state index >= 15 is 0 Å². The highest BCUT2D eigenvalue weighted by Crippen LogP contribution is 2.47. The first-order chi connectivity index (χ1) is 21.5. The summed E-state index contributed by atoms with van der Waals surface area (Å²) in [7, 11) is -4.38. The van der Waals surface area contributed by atoms with Crippen LogP contribution >= 0.6 is 0 Å². The molecule has 46 heavy (non-hydrogen) atoms. The van der Waals surface area contributed by atoms with Crippen molar-refractivity contribution in [2.45, 2.75) is 104 Å². The number of rotatable bonds is 13. The van der Waals surface area contributed by atoms with Crippen LogP contribution < -0.4 is 13.9 Å². The Hall–Kier alpha value is -3.33. The standard InChI is InChI=1S/C40H54O4Si2/c1-12-19-34(43-45(8,9)39(2,3)4)32-26-33-35(41-28-30-20-15-13-16-21-30)24-25-36(42-29-31-22-17-14-18-23-31)38(33)37(27-32)44-46(10,11)40(5,6)7/h12-18,20-27,34H,1,19,28-29H2,2-11H3. The average Bonchev–Trinajstić information content (AvgIpc) is 2.98. The molecule has 0 heterocycles.